The van der Waals surface area contributed by atoms with Gasteiger partial charge in [-0.3, -0.25) is 14.2 Å². The molecule has 1 aromatic heterocycles. The Hall–Kier alpha value is -3.02. The lowest BCUT2D eigenvalue weighted by molar-refractivity contribution is -0.118. The van der Waals surface area contributed by atoms with Crippen LogP contribution in [0.25, 0.3) is 22.0 Å². The third-order valence-corrected chi connectivity index (χ3v) is 4.17. The van der Waals surface area contributed by atoms with Crippen LogP contribution < -0.4 is 5.56 Å². The Kier molecular flexibility index (Phi) is 4.88. The van der Waals surface area contributed by atoms with Gasteiger partial charge in [0.1, 0.15) is 5.82 Å². The molecule has 0 unspecified atom stereocenters. The van der Waals surface area contributed by atoms with Crippen LogP contribution in [0.2, 0.25) is 0 Å². The van der Waals surface area contributed by atoms with Gasteiger partial charge in [-0.1, -0.05) is 18.2 Å². The lowest BCUT2D eigenvalue weighted by Gasteiger charge is -2.15. The quantitative estimate of drug-likeness (QED) is 0.649. The molecule has 1 amide bonds. The van der Waals surface area contributed by atoms with Gasteiger partial charge in [0.05, 0.1) is 17.2 Å². The summed E-state index contributed by atoms with van der Waals surface area (Å²) in [6.07, 6.45) is 2.25. The lowest BCUT2D eigenvalue weighted by atomic mass is 10.0. The molecular formula is C19H18FN3O2. The predicted octanol–water partition coefficient (Wildman–Crippen LogP) is 2.68. The van der Waals surface area contributed by atoms with Crippen LogP contribution >= 0.6 is 0 Å². The molecule has 0 spiro atoms. The highest BCUT2D eigenvalue weighted by atomic mass is 19.1. The fourth-order valence-corrected chi connectivity index (χ4v) is 2.69. The van der Waals surface area contributed by atoms with Crippen molar-refractivity contribution in [1.29, 1.82) is 0 Å². The second kappa shape index (κ2) is 7.25. The van der Waals surface area contributed by atoms with Crippen molar-refractivity contribution in [3.05, 3.63) is 65.0 Å². The highest BCUT2D eigenvalue weighted by Gasteiger charge is 2.08. The molecule has 0 saturated carbocycles. The van der Waals surface area contributed by atoms with E-state index < -0.39 is 0 Å². The van der Waals surface area contributed by atoms with Gasteiger partial charge in [0.25, 0.3) is 5.56 Å². The molecule has 2 aromatic carbocycles. The summed E-state index contributed by atoms with van der Waals surface area (Å²) in [7, 11) is 0. The van der Waals surface area contributed by atoms with Crippen LogP contribution in [0.4, 0.5) is 4.39 Å². The molecule has 0 aliphatic heterocycles. The first kappa shape index (κ1) is 16.8. The molecule has 3 aromatic rings. The lowest BCUT2D eigenvalue weighted by Crippen LogP contribution is -2.30. The van der Waals surface area contributed by atoms with Gasteiger partial charge in [-0.15, -0.1) is 0 Å². The number of halogens is 1. The molecule has 0 saturated heterocycles. The average molecular weight is 339 g/mol. The normalized spacial score (nSPS) is 10.8. The van der Waals surface area contributed by atoms with Gasteiger partial charge in [-0.25, -0.2) is 9.37 Å². The van der Waals surface area contributed by atoms with Gasteiger partial charge >= 0.3 is 0 Å². The topological polar surface area (TPSA) is 55.2 Å². The zero-order valence-electron chi connectivity index (χ0n) is 13.9. The van der Waals surface area contributed by atoms with Crippen molar-refractivity contribution in [3.63, 3.8) is 0 Å². The molecule has 6 heteroatoms. The molecule has 128 valence electrons. The predicted molar refractivity (Wildman–Crippen MR) is 94.7 cm³/mol. The van der Waals surface area contributed by atoms with Crippen LogP contribution in [0.3, 0.4) is 0 Å². The number of aromatic nitrogens is 2. The molecule has 0 atom stereocenters. The van der Waals surface area contributed by atoms with E-state index in [2.05, 4.69) is 4.98 Å². The van der Waals surface area contributed by atoms with Crippen LogP contribution in [0, 0.1) is 5.82 Å². The number of likely N-dealkylation sites (N-methyl/N-ethyl adjacent to an activating group) is 1. The number of benzene rings is 2. The number of fused-ring (bicyclic) bond motifs is 1. The summed E-state index contributed by atoms with van der Waals surface area (Å²) in [5.74, 6) is -0.309. The average Bonchev–Trinajstić information content (AvgIpc) is 2.64. The minimum atomic E-state index is -0.309. The van der Waals surface area contributed by atoms with Gasteiger partial charge in [-0.2, -0.15) is 0 Å². The minimum absolute atomic E-state index is 0.155. The Morgan fingerprint density at radius 3 is 2.72 bits per heavy atom. The van der Waals surface area contributed by atoms with Crippen molar-refractivity contribution in [1.82, 2.24) is 14.5 Å². The molecule has 0 bridgehead atoms. The summed E-state index contributed by atoms with van der Waals surface area (Å²) in [6.45, 7) is 3.31. The molecule has 25 heavy (non-hydrogen) atoms. The smallest absolute Gasteiger partial charge is 0.261 e. The van der Waals surface area contributed by atoms with Crippen molar-refractivity contribution >= 4 is 17.3 Å². The number of carbonyl (C=O) groups is 1. The molecular weight excluding hydrogens is 321 g/mol. The molecule has 0 aliphatic carbocycles. The number of rotatable bonds is 6. The van der Waals surface area contributed by atoms with Crippen molar-refractivity contribution in [3.8, 4) is 11.1 Å². The van der Waals surface area contributed by atoms with Crippen LogP contribution in [0.5, 0.6) is 0 Å². The number of hydrogen-bond donors (Lipinski definition) is 0. The zero-order valence-corrected chi connectivity index (χ0v) is 13.9. The van der Waals surface area contributed by atoms with E-state index in [0.717, 1.165) is 17.5 Å². The highest BCUT2D eigenvalue weighted by Crippen LogP contribution is 2.22. The Balaban J connectivity index is 1.94. The molecule has 0 radical (unpaired) electrons. The Morgan fingerprint density at radius 2 is 2.00 bits per heavy atom. The van der Waals surface area contributed by atoms with Gasteiger partial charge in [0.15, 0.2) is 0 Å². The molecule has 0 N–H and O–H groups in total. The summed E-state index contributed by atoms with van der Waals surface area (Å²) in [5, 5.41) is 0.497. The van der Waals surface area contributed by atoms with E-state index in [4.69, 9.17) is 0 Å². The maximum atomic E-state index is 13.4. The zero-order chi connectivity index (χ0) is 17.8. The SMILES string of the molecule is CCN(C=O)CCn1cnc2cc(-c3cccc(F)c3)ccc2c1=O. The summed E-state index contributed by atoms with van der Waals surface area (Å²) in [4.78, 5) is 29.4. The van der Waals surface area contributed by atoms with Crippen molar-refractivity contribution in [2.45, 2.75) is 13.5 Å². The van der Waals surface area contributed by atoms with E-state index in [1.165, 1.54) is 23.0 Å². The summed E-state index contributed by atoms with van der Waals surface area (Å²) in [6, 6.07) is 11.6. The summed E-state index contributed by atoms with van der Waals surface area (Å²) >= 11 is 0. The molecule has 0 aliphatic rings. The standard InChI is InChI=1S/C19H18FN3O2/c1-2-22(13-24)8-9-23-12-21-18-11-15(6-7-17(18)19(23)25)14-4-3-5-16(20)10-14/h3-7,10-13H,2,8-9H2,1H3. The summed E-state index contributed by atoms with van der Waals surface area (Å²) < 4.78 is 14.9. The number of hydrogen-bond acceptors (Lipinski definition) is 3. The van der Waals surface area contributed by atoms with Crippen LogP contribution in [-0.2, 0) is 11.3 Å². The first-order valence-electron chi connectivity index (χ1n) is 8.07. The third kappa shape index (κ3) is 3.57. The van der Waals surface area contributed by atoms with Crippen LogP contribution in [-0.4, -0.2) is 34.0 Å². The maximum absolute atomic E-state index is 13.4. The Labute approximate surface area is 144 Å². The van der Waals surface area contributed by atoms with E-state index >= 15 is 0 Å². The van der Waals surface area contributed by atoms with E-state index in [1.807, 2.05) is 13.0 Å². The number of amides is 1. The fourth-order valence-electron chi connectivity index (χ4n) is 2.69. The van der Waals surface area contributed by atoms with Gasteiger partial charge in [-0.05, 0) is 42.3 Å². The Morgan fingerprint density at radius 1 is 1.20 bits per heavy atom. The maximum Gasteiger partial charge on any atom is 0.261 e. The second-order valence-electron chi connectivity index (χ2n) is 5.72. The van der Waals surface area contributed by atoms with Crippen molar-refractivity contribution in [2.24, 2.45) is 0 Å². The number of nitrogens with zero attached hydrogens (tertiary/aromatic N) is 3. The van der Waals surface area contributed by atoms with Gasteiger partial charge in [0.2, 0.25) is 6.41 Å². The van der Waals surface area contributed by atoms with E-state index in [1.54, 1.807) is 29.2 Å². The van der Waals surface area contributed by atoms with E-state index in [-0.39, 0.29) is 11.4 Å². The van der Waals surface area contributed by atoms with Crippen LogP contribution in [0.1, 0.15) is 6.92 Å². The van der Waals surface area contributed by atoms with E-state index in [0.29, 0.717) is 30.5 Å². The molecule has 5 nitrogen and oxygen atoms in total. The Bertz CT molecular complexity index is 968. The minimum Gasteiger partial charge on any atom is -0.344 e. The monoisotopic (exact) mass is 339 g/mol. The largest absolute Gasteiger partial charge is 0.344 e. The van der Waals surface area contributed by atoms with Crippen molar-refractivity contribution in [2.75, 3.05) is 13.1 Å². The molecule has 1 heterocycles. The fraction of sp³-hybridized carbons (Fsp3) is 0.211. The van der Waals surface area contributed by atoms with Crippen molar-refractivity contribution < 1.29 is 9.18 Å². The molecule has 0 fully saturated rings. The van der Waals surface area contributed by atoms with Crippen LogP contribution in [0.15, 0.2) is 53.6 Å². The first-order chi connectivity index (χ1) is 12.1. The molecule has 3 rings (SSSR count). The first-order valence-corrected chi connectivity index (χ1v) is 8.07. The second-order valence-corrected chi connectivity index (χ2v) is 5.72. The summed E-state index contributed by atoms with van der Waals surface area (Å²) in [5.41, 5.74) is 1.94. The van der Waals surface area contributed by atoms with E-state index in [9.17, 15) is 14.0 Å². The van der Waals surface area contributed by atoms with Gasteiger partial charge in [0, 0.05) is 19.6 Å². The van der Waals surface area contributed by atoms with Gasteiger partial charge < -0.3 is 4.90 Å². The number of carbonyl (C=O) groups excluding carboxylic acids is 1. The third-order valence-electron chi connectivity index (χ3n) is 4.17. The highest BCUT2D eigenvalue weighted by molar-refractivity contribution is 5.83.